The first-order chi connectivity index (χ1) is 2.00. The Bertz CT molecular complexity index is 11.0. The monoisotopic (exact) mass is 476 g/mol. The second-order valence-electron chi connectivity index (χ2n) is 0. The van der Waals surface area contributed by atoms with Crippen LogP contribution in [0.2, 0.25) is 0 Å². The van der Waals surface area contributed by atoms with Gasteiger partial charge in [0.1, 0.15) is 0 Å². The molecule has 12 heavy (non-hydrogen) atoms. The molecule has 0 aliphatic carbocycles. The van der Waals surface area contributed by atoms with E-state index >= 15 is 0 Å². The summed E-state index contributed by atoms with van der Waals surface area (Å²) >= 11 is 0. The third-order valence-electron chi connectivity index (χ3n) is 0. The minimum Gasteiger partial charge on any atom is -0.358 e. The molecule has 0 unspecified atom stereocenters. The fraction of sp³-hybridized carbons (Fsp3) is 0.500. The quantitative estimate of drug-likeness (QED) is 0.467. The maximum atomic E-state index is 2.00. The normalized spacial score (nSPS) is 1.00. The van der Waals surface area contributed by atoms with Gasteiger partial charge in [-0.3, -0.25) is 0 Å². The number of rotatable bonds is 0. The largest absolute Gasteiger partial charge is 3.00 e. The van der Waals surface area contributed by atoms with Crippen LogP contribution in [0.25, 0.3) is 0 Å². The number of hydrogen-bond donors (Lipinski definition) is 0. The van der Waals surface area contributed by atoms with Crippen molar-refractivity contribution in [2.75, 3.05) is 0 Å². The molecule has 0 amide bonds. The van der Waals surface area contributed by atoms with Crippen molar-refractivity contribution in [3.8, 4) is 0 Å². The molecule has 0 spiro atoms. The van der Waals surface area contributed by atoms with Crippen LogP contribution in [-0.4, -0.2) is 0 Å². The molecule has 0 N–H and O–H groups in total. The van der Waals surface area contributed by atoms with Gasteiger partial charge in [0.15, 0.2) is 0 Å². The minimum absolute atomic E-state index is 0. The van der Waals surface area contributed by atoms with E-state index in [1.54, 1.807) is 0 Å². The van der Waals surface area contributed by atoms with Crippen LogP contribution in [0.1, 0.15) is 27.7 Å². The van der Waals surface area contributed by atoms with Crippen LogP contribution in [0.5, 0.6) is 0 Å². The standard InChI is InChI=1S/2C2H6.4CH3.4Y/c2*1-2;;;;;;;;/h2*1-2H3;4*1H3;;;;/q;;4*-1;;;;+3. The third-order valence-corrected chi connectivity index (χ3v) is 0. The van der Waals surface area contributed by atoms with Crippen molar-refractivity contribution in [1.82, 2.24) is 0 Å². The smallest absolute Gasteiger partial charge is 0.358 e. The van der Waals surface area contributed by atoms with Crippen LogP contribution in [0.3, 0.4) is 0 Å². The van der Waals surface area contributed by atoms with Gasteiger partial charge in [-0.1, -0.05) is 27.7 Å². The Morgan fingerprint density at radius 2 is 0.417 bits per heavy atom. The molecule has 0 atom stereocenters. The van der Waals surface area contributed by atoms with E-state index in [1.807, 2.05) is 27.7 Å². The van der Waals surface area contributed by atoms with E-state index in [1.165, 1.54) is 0 Å². The first-order valence-corrected chi connectivity index (χ1v) is 2.00. The van der Waals surface area contributed by atoms with Crippen LogP contribution >= 0.6 is 0 Å². The predicted octanol–water partition coefficient (Wildman–Crippen LogP) is 3.84. The van der Waals surface area contributed by atoms with Gasteiger partial charge in [-0.05, 0) is 0 Å². The zero-order valence-corrected chi connectivity index (χ0v) is 21.7. The zero-order valence-electron chi connectivity index (χ0n) is 10.3. The molecule has 4 heteroatoms. The summed E-state index contributed by atoms with van der Waals surface area (Å²) in [5.74, 6) is 0. The SMILES string of the molecule is CC.CC.[CH3-].[CH3-].[CH3-].[CH3-].[Y+3].[Y].[Y].[Y]. The summed E-state index contributed by atoms with van der Waals surface area (Å²) < 4.78 is 0. The Kier molecular flexibility index (Phi) is 1300. The van der Waals surface area contributed by atoms with Gasteiger partial charge in [-0.25, -0.2) is 0 Å². The van der Waals surface area contributed by atoms with Gasteiger partial charge in [0.25, 0.3) is 0 Å². The molecule has 0 saturated heterocycles. The summed E-state index contributed by atoms with van der Waals surface area (Å²) in [5, 5.41) is 0. The number of hydrogen-bond acceptors (Lipinski definition) is 0. The second-order valence-corrected chi connectivity index (χ2v) is 0. The molecule has 0 aliphatic heterocycles. The van der Waals surface area contributed by atoms with E-state index in [0.29, 0.717) is 0 Å². The van der Waals surface area contributed by atoms with Gasteiger partial charge in [0.05, 0.1) is 0 Å². The van der Waals surface area contributed by atoms with Crippen LogP contribution in [-0.2, 0) is 131 Å². The molecule has 0 aromatic heterocycles. The van der Waals surface area contributed by atoms with Crippen LogP contribution in [0.4, 0.5) is 0 Å². The van der Waals surface area contributed by atoms with E-state index in [4.69, 9.17) is 0 Å². The van der Waals surface area contributed by atoms with E-state index in [0.717, 1.165) is 0 Å². The average molecular weight is 476 g/mol. The molecule has 0 bridgehead atoms. The topological polar surface area (TPSA) is 0 Å². The molecule has 0 heterocycles. The molecule has 3 radical (unpaired) electrons. The Morgan fingerprint density at radius 3 is 0.417 bits per heavy atom. The summed E-state index contributed by atoms with van der Waals surface area (Å²) in [6.45, 7) is 8.00. The van der Waals surface area contributed by atoms with Crippen molar-refractivity contribution in [2.24, 2.45) is 0 Å². The fourth-order valence-corrected chi connectivity index (χ4v) is 0. The van der Waals surface area contributed by atoms with Crippen molar-refractivity contribution in [3.63, 3.8) is 0 Å². The Labute approximate surface area is 184 Å². The van der Waals surface area contributed by atoms with Gasteiger partial charge in [-0.15, -0.1) is 0 Å². The Balaban J connectivity index is -0.000000000500. The molecule has 69 valence electrons. The van der Waals surface area contributed by atoms with Gasteiger partial charge < -0.3 is 29.7 Å². The van der Waals surface area contributed by atoms with Crippen molar-refractivity contribution in [1.29, 1.82) is 0 Å². The Hall–Kier alpha value is 4.42. The average Bonchev–Trinajstić information content (AvgIpc) is 1.50. The van der Waals surface area contributed by atoms with Crippen molar-refractivity contribution < 1.29 is 131 Å². The van der Waals surface area contributed by atoms with Crippen LogP contribution < -0.4 is 0 Å². The van der Waals surface area contributed by atoms with Crippen molar-refractivity contribution in [2.45, 2.75) is 27.7 Å². The van der Waals surface area contributed by atoms with Gasteiger partial charge in [-0.2, -0.15) is 0 Å². The second kappa shape index (κ2) is 164. The molecule has 0 fully saturated rings. The third kappa shape index (κ3) is 133. The first kappa shape index (κ1) is 94.8. The van der Waals surface area contributed by atoms with E-state index in [-0.39, 0.29) is 161 Å². The van der Waals surface area contributed by atoms with E-state index in [9.17, 15) is 0 Å². The van der Waals surface area contributed by atoms with Crippen LogP contribution in [0.15, 0.2) is 0 Å². The summed E-state index contributed by atoms with van der Waals surface area (Å²) in [7, 11) is 0. The van der Waals surface area contributed by atoms with Crippen molar-refractivity contribution in [3.05, 3.63) is 29.7 Å². The maximum absolute atomic E-state index is 2.00. The zero-order chi connectivity index (χ0) is 4.00. The maximum Gasteiger partial charge on any atom is 3.00 e. The van der Waals surface area contributed by atoms with E-state index < -0.39 is 0 Å². The molecular formula is C8H24Y4-. The van der Waals surface area contributed by atoms with Gasteiger partial charge in [0.2, 0.25) is 0 Å². The molecule has 0 rings (SSSR count). The van der Waals surface area contributed by atoms with E-state index in [2.05, 4.69) is 0 Å². The Morgan fingerprint density at radius 1 is 0.417 bits per heavy atom. The molecule has 0 saturated carbocycles. The van der Waals surface area contributed by atoms with Gasteiger partial charge in [0, 0.05) is 98.1 Å². The summed E-state index contributed by atoms with van der Waals surface area (Å²) in [6.07, 6.45) is 0. The summed E-state index contributed by atoms with van der Waals surface area (Å²) in [5.41, 5.74) is 0. The minimum atomic E-state index is 0. The van der Waals surface area contributed by atoms with Gasteiger partial charge >= 0.3 is 32.7 Å². The fourth-order valence-electron chi connectivity index (χ4n) is 0. The molecule has 0 aromatic carbocycles. The van der Waals surface area contributed by atoms with Crippen LogP contribution in [0, 0.1) is 29.7 Å². The summed E-state index contributed by atoms with van der Waals surface area (Å²) in [6, 6.07) is 0. The predicted molar refractivity (Wildman–Crippen MR) is 48.4 cm³/mol. The van der Waals surface area contributed by atoms with Crippen molar-refractivity contribution >= 4 is 0 Å². The molecular weight excluding hydrogens is 452 g/mol. The summed E-state index contributed by atoms with van der Waals surface area (Å²) in [4.78, 5) is 0. The molecule has 0 aromatic rings. The molecule has 0 aliphatic rings. The first-order valence-electron chi connectivity index (χ1n) is 2.00. The molecule has 0 nitrogen and oxygen atoms in total.